The number of rotatable bonds is 5. The zero-order chi connectivity index (χ0) is 14.4. The van der Waals surface area contributed by atoms with Gasteiger partial charge in [0.25, 0.3) is 0 Å². The zero-order valence-electron chi connectivity index (χ0n) is 11.3. The maximum Gasteiger partial charge on any atom is 0.226 e. The number of nitrogens with one attached hydrogen (secondary N) is 2. The van der Waals surface area contributed by atoms with Gasteiger partial charge in [0, 0.05) is 18.7 Å². The van der Waals surface area contributed by atoms with Crippen LogP contribution in [0.15, 0.2) is 48.5 Å². The number of benzene rings is 2. The van der Waals surface area contributed by atoms with Crippen molar-refractivity contribution in [1.82, 2.24) is 0 Å². The molecule has 0 heterocycles. The minimum Gasteiger partial charge on any atom is -0.383 e. The van der Waals surface area contributed by atoms with Crippen molar-refractivity contribution < 1.29 is 4.79 Å². The van der Waals surface area contributed by atoms with Crippen LogP contribution in [0.25, 0.3) is 0 Å². The molecule has 1 amide bonds. The number of aryl methyl sites for hydroxylation is 1. The fourth-order valence-electron chi connectivity index (χ4n) is 1.86. The highest BCUT2D eigenvalue weighted by atomic mass is 35.5. The number of para-hydroxylation sites is 1. The summed E-state index contributed by atoms with van der Waals surface area (Å²) in [7, 11) is 0. The van der Waals surface area contributed by atoms with Gasteiger partial charge in [0.1, 0.15) is 0 Å². The van der Waals surface area contributed by atoms with E-state index in [0.717, 1.165) is 16.9 Å². The van der Waals surface area contributed by atoms with E-state index < -0.39 is 0 Å². The molecule has 0 saturated carbocycles. The Balaban J connectivity index is 1.80. The van der Waals surface area contributed by atoms with Crippen LogP contribution in [0.5, 0.6) is 0 Å². The maximum absolute atomic E-state index is 11.8. The highest BCUT2D eigenvalue weighted by Crippen LogP contribution is 2.20. The molecule has 2 rings (SSSR count). The molecular formula is C16H17ClN2O. The minimum atomic E-state index is -0.0184. The molecule has 2 N–H and O–H groups in total. The van der Waals surface area contributed by atoms with Gasteiger partial charge in [-0.3, -0.25) is 4.79 Å². The van der Waals surface area contributed by atoms with Crippen LogP contribution < -0.4 is 10.6 Å². The van der Waals surface area contributed by atoms with E-state index >= 15 is 0 Å². The van der Waals surface area contributed by atoms with E-state index in [1.54, 1.807) is 0 Å². The summed E-state index contributed by atoms with van der Waals surface area (Å²) in [5.74, 6) is -0.0184. The summed E-state index contributed by atoms with van der Waals surface area (Å²) in [6.07, 6.45) is 0.388. The van der Waals surface area contributed by atoms with Crippen LogP contribution in [-0.2, 0) is 4.79 Å². The summed E-state index contributed by atoms with van der Waals surface area (Å²) < 4.78 is 0. The maximum atomic E-state index is 11.8. The molecule has 0 aliphatic rings. The van der Waals surface area contributed by atoms with Gasteiger partial charge < -0.3 is 10.6 Å². The highest BCUT2D eigenvalue weighted by Gasteiger charge is 2.03. The van der Waals surface area contributed by atoms with Crippen molar-refractivity contribution in [2.24, 2.45) is 0 Å². The second-order valence-corrected chi connectivity index (χ2v) is 4.98. The van der Waals surface area contributed by atoms with E-state index in [2.05, 4.69) is 10.6 Å². The molecule has 20 heavy (non-hydrogen) atoms. The van der Waals surface area contributed by atoms with E-state index in [9.17, 15) is 4.79 Å². The first kappa shape index (κ1) is 14.4. The molecule has 0 spiro atoms. The lowest BCUT2D eigenvalue weighted by atomic mass is 10.2. The van der Waals surface area contributed by atoms with Crippen molar-refractivity contribution in [3.8, 4) is 0 Å². The van der Waals surface area contributed by atoms with Crippen LogP contribution >= 0.6 is 11.6 Å². The number of hydrogen-bond donors (Lipinski definition) is 2. The number of anilines is 2. The molecule has 3 nitrogen and oxygen atoms in total. The van der Waals surface area contributed by atoms with Gasteiger partial charge >= 0.3 is 0 Å². The Hall–Kier alpha value is -2.00. The molecule has 0 unspecified atom stereocenters. The van der Waals surface area contributed by atoms with Crippen molar-refractivity contribution in [2.45, 2.75) is 13.3 Å². The fraction of sp³-hybridized carbons (Fsp3) is 0.188. The zero-order valence-corrected chi connectivity index (χ0v) is 12.1. The van der Waals surface area contributed by atoms with Crippen molar-refractivity contribution in [3.63, 3.8) is 0 Å². The predicted octanol–water partition coefficient (Wildman–Crippen LogP) is 4.09. The van der Waals surface area contributed by atoms with E-state index in [-0.39, 0.29) is 5.91 Å². The second kappa shape index (κ2) is 6.96. The highest BCUT2D eigenvalue weighted by molar-refractivity contribution is 6.33. The topological polar surface area (TPSA) is 41.1 Å². The Bertz CT molecular complexity index is 599. The summed E-state index contributed by atoms with van der Waals surface area (Å²) in [5, 5.41) is 6.68. The second-order valence-electron chi connectivity index (χ2n) is 4.57. The van der Waals surface area contributed by atoms with Gasteiger partial charge in [-0.2, -0.15) is 0 Å². The van der Waals surface area contributed by atoms with Gasteiger partial charge in [-0.25, -0.2) is 0 Å². The third-order valence-electron chi connectivity index (χ3n) is 2.84. The normalized spacial score (nSPS) is 10.1. The Kier molecular flexibility index (Phi) is 5.02. The molecule has 2 aromatic carbocycles. The summed E-state index contributed by atoms with van der Waals surface area (Å²) in [6.45, 7) is 2.54. The Morgan fingerprint density at radius 1 is 1.15 bits per heavy atom. The lowest BCUT2D eigenvalue weighted by Gasteiger charge is -2.09. The summed E-state index contributed by atoms with van der Waals surface area (Å²) in [6, 6.07) is 15.2. The molecule has 4 heteroatoms. The first-order valence-electron chi connectivity index (χ1n) is 6.50. The van der Waals surface area contributed by atoms with E-state index in [4.69, 9.17) is 11.6 Å². The molecule has 0 radical (unpaired) electrons. The minimum absolute atomic E-state index is 0.0184. The van der Waals surface area contributed by atoms with E-state index in [0.29, 0.717) is 18.0 Å². The smallest absolute Gasteiger partial charge is 0.226 e. The van der Waals surface area contributed by atoms with Crippen LogP contribution in [0, 0.1) is 6.92 Å². The molecule has 0 aromatic heterocycles. The fourth-order valence-corrected chi connectivity index (χ4v) is 2.06. The number of hydrogen-bond acceptors (Lipinski definition) is 2. The van der Waals surface area contributed by atoms with Crippen molar-refractivity contribution >= 4 is 28.9 Å². The number of amides is 1. The molecule has 0 fully saturated rings. The lowest BCUT2D eigenvalue weighted by Crippen LogP contribution is -2.16. The summed E-state index contributed by atoms with van der Waals surface area (Å²) in [5.41, 5.74) is 2.79. The Morgan fingerprint density at radius 3 is 2.70 bits per heavy atom. The van der Waals surface area contributed by atoms with E-state index in [1.165, 1.54) is 0 Å². The third-order valence-corrected chi connectivity index (χ3v) is 3.17. The average molecular weight is 289 g/mol. The molecule has 0 bridgehead atoms. The molecule has 0 saturated heterocycles. The van der Waals surface area contributed by atoms with Crippen LogP contribution in [0.4, 0.5) is 11.4 Å². The standard InChI is InChI=1S/C16H17ClN2O/c1-12-5-4-6-13(11-12)19-16(20)9-10-18-15-8-3-2-7-14(15)17/h2-8,11,18H,9-10H2,1H3,(H,19,20). The van der Waals surface area contributed by atoms with Crippen LogP contribution in [0.2, 0.25) is 5.02 Å². The first-order valence-corrected chi connectivity index (χ1v) is 6.88. The van der Waals surface area contributed by atoms with Gasteiger partial charge in [-0.15, -0.1) is 0 Å². The van der Waals surface area contributed by atoms with Crippen molar-refractivity contribution in [3.05, 3.63) is 59.1 Å². The van der Waals surface area contributed by atoms with Crippen LogP contribution in [0.1, 0.15) is 12.0 Å². The summed E-state index contributed by atoms with van der Waals surface area (Å²) in [4.78, 5) is 11.8. The quantitative estimate of drug-likeness (QED) is 0.870. The average Bonchev–Trinajstić information content (AvgIpc) is 2.41. The predicted molar refractivity (Wildman–Crippen MR) is 84.4 cm³/mol. The monoisotopic (exact) mass is 288 g/mol. The molecule has 104 valence electrons. The first-order chi connectivity index (χ1) is 9.65. The van der Waals surface area contributed by atoms with Crippen molar-refractivity contribution in [1.29, 1.82) is 0 Å². The van der Waals surface area contributed by atoms with Gasteiger partial charge in [0.15, 0.2) is 0 Å². The summed E-state index contributed by atoms with van der Waals surface area (Å²) >= 11 is 6.02. The Morgan fingerprint density at radius 2 is 1.95 bits per heavy atom. The van der Waals surface area contributed by atoms with Crippen LogP contribution in [0.3, 0.4) is 0 Å². The molecule has 0 aliphatic carbocycles. The van der Waals surface area contributed by atoms with Gasteiger partial charge in [-0.1, -0.05) is 35.9 Å². The number of halogens is 1. The lowest BCUT2D eigenvalue weighted by molar-refractivity contribution is -0.115. The van der Waals surface area contributed by atoms with Crippen molar-refractivity contribution in [2.75, 3.05) is 17.2 Å². The van der Waals surface area contributed by atoms with Gasteiger partial charge in [0.2, 0.25) is 5.91 Å². The molecule has 0 atom stereocenters. The molecular weight excluding hydrogens is 272 g/mol. The van der Waals surface area contributed by atoms with Crippen LogP contribution in [-0.4, -0.2) is 12.5 Å². The number of carbonyl (C=O) groups excluding carboxylic acids is 1. The largest absolute Gasteiger partial charge is 0.383 e. The third kappa shape index (κ3) is 4.28. The SMILES string of the molecule is Cc1cccc(NC(=O)CCNc2ccccc2Cl)c1. The number of carbonyl (C=O) groups is 1. The Labute approximate surface area is 124 Å². The molecule has 2 aromatic rings. The molecule has 0 aliphatic heterocycles. The van der Waals surface area contributed by atoms with Gasteiger partial charge in [-0.05, 0) is 36.8 Å². The van der Waals surface area contributed by atoms with E-state index in [1.807, 2.05) is 55.5 Å². The van der Waals surface area contributed by atoms with Gasteiger partial charge in [0.05, 0.1) is 10.7 Å².